The van der Waals surface area contributed by atoms with Gasteiger partial charge in [0.1, 0.15) is 23.1 Å². The number of benzene rings is 2. The number of nitrogens with zero attached hydrogens (tertiary/aromatic N) is 1. The lowest BCUT2D eigenvalue weighted by molar-refractivity contribution is 0.0974. The molecule has 3 aromatic heterocycles. The van der Waals surface area contributed by atoms with Crippen molar-refractivity contribution in [1.29, 1.82) is 0 Å². The SMILES string of the molecule is CS(=O)(=O)NC(=O)c1c(-c2ccc[nH]c2=O)c2cc(-c3ccco3)ccc2n1Cc1ccc(F)cc1F. The van der Waals surface area contributed by atoms with Crippen molar-refractivity contribution in [1.82, 2.24) is 14.3 Å². The van der Waals surface area contributed by atoms with Crippen molar-refractivity contribution in [3.8, 4) is 22.5 Å². The molecular formula is C26H19F2N3O5S. The Balaban J connectivity index is 1.87. The molecule has 0 atom stereocenters. The highest BCUT2D eigenvalue weighted by Crippen LogP contribution is 2.37. The van der Waals surface area contributed by atoms with Crippen LogP contribution in [0.15, 0.2) is 82.3 Å². The maximum Gasteiger partial charge on any atom is 0.282 e. The van der Waals surface area contributed by atoms with Gasteiger partial charge in [0.25, 0.3) is 11.5 Å². The van der Waals surface area contributed by atoms with Gasteiger partial charge in [-0.05, 0) is 48.5 Å². The second-order valence-electron chi connectivity index (χ2n) is 8.37. The van der Waals surface area contributed by atoms with Crippen LogP contribution in [0.1, 0.15) is 16.1 Å². The van der Waals surface area contributed by atoms with Gasteiger partial charge < -0.3 is 14.0 Å². The first-order valence-corrected chi connectivity index (χ1v) is 12.9. The van der Waals surface area contributed by atoms with Gasteiger partial charge in [-0.3, -0.25) is 9.59 Å². The Morgan fingerprint density at radius 3 is 2.57 bits per heavy atom. The molecule has 1 amide bonds. The third-order valence-electron chi connectivity index (χ3n) is 5.79. The molecule has 2 N–H and O–H groups in total. The number of pyridine rings is 1. The van der Waals surface area contributed by atoms with Crippen LogP contribution in [0.25, 0.3) is 33.4 Å². The van der Waals surface area contributed by atoms with Gasteiger partial charge in [0.2, 0.25) is 10.0 Å². The molecule has 0 bridgehead atoms. The highest BCUT2D eigenvalue weighted by Gasteiger charge is 2.28. The molecule has 0 unspecified atom stereocenters. The molecule has 2 aromatic carbocycles. The Morgan fingerprint density at radius 2 is 1.89 bits per heavy atom. The van der Waals surface area contributed by atoms with Crippen LogP contribution in [0.4, 0.5) is 8.78 Å². The Hall–Kier alpha value is -4.51. The average Bonchev–Trinajstić information content (AvgIpc) is 3.47. The molecule has 8 nitrogen and oxygen atoms in total. The van der Waals surface area contributed by atoms with Gasteiger partial charge in [0.15, 0.2) is 0 Å². The Labute approximate surface area is 209 Å². The van der Waals surface area contributed by atoms with Gasteiger partial charge in [0, 0.05) is 45.4 Å². The van der Waals surface area contributed by atoms with E-state index in [1.165, 1.54) is 29.2 Å². The molecule has 188 valence electrons. The van der Waals surface area contributed by atoms with E-state index in [4.69, 9.17) is 4.42 Å². The minimum Gasteiger partial charge on any atom is -0.464 e. The van der Waals surface area contributed by atoms with Crippen molar-refractivity contribution in [3.63, 3.8) is 0 Å². The van der Waals surface area contributed by atoms with Crippen LogP contribution >= 0.6 is 0 Å². The Bertz CT molecular complexity index is 1820. The number of furan rings is 1. The summed E-state index contributed by atoms with van der Waals surface area (Å²) in [7, 11) is -4.00. The minimum atomic E-state index is -4.00. The second kappa shape index (κ2) is 9.17. The zero-order valence-electron chi connectivity index (χ0n) is 19.3. The lowest BCUT2D eigenvalue weighted by Gasteiger charge is -2.13. The van der Waals surface area contributed by atoms with Crippen LogP contribution in [0.2, 0.25) is 0 Å². The summed E-state index contributed by atoms with van der Waals surface area (Å²) in [5.41, 5.74) is 0.635. The molecule has 0 aliphatic heterocycles. The molecule has 5 aromatic rings. The lowest BCUT2D eigenvalue weighted by atomic mass is 10.0. The van der Waals surface area contributed by atoms with Crippen molar-refractivity contribution in [2.45, 2.75) is 6.54 Å². The average molecular weight is 524 g/mol. The number of carbonyl (C=O) groups is 1. The van der Waals surface area contributed by atoms with E-state index in [1.54, 1.807) is 36.4 Å². The molecule has 37 heavy (non-hydrogen) atoms. The van der Waals surface area contributed by atoms with Crippen LogP contribution in [0.3, 0.4) is 0 Å². The number of fused-ring (bicyclic) bond motifs is 1. The number of hydrogen-bond acceptors (Lipinski definition) is 5. The second-order valence-corrected chi connectivity index (χ2v) is 10.1. The van der Waals surface area contributed by atoms with E-state index in [0.717, 1.165) is 18.4 Å². The molecule has 0 radical (unpaired) electrons. The van der Waals surface area contributed by atoms with Gasteiger partial charge in [-0.25, -0.2) is 21.9 Å². The predicted molar refractivity (Wildman–Crippen MR) is 133 cm³/mol. The maximum absolute atomic E-state index is 14.7. The number of carbonyl (C=O) groups excluding carboxylic acids is 1. The fraction of sp³-hybridized carbons (Fsp3) is 0.0769. The monoisotopic (exact) mass is 523 g/mol. The highest BCUT2D eigenvalue weighted by atomic mass is 32.2. The molecule has 11 heteroatoms. The Kier molecular flexibility index (Phi) is 6.00. The number of H-pyrrole nitrogens is 1. The van der Waals surface area contributed by atoms with E-state index in [2.05, 4.69) is 4.98 Å². The van der Waals surface area contributed by atoms with E-state index < -0.39 is 33.1 Å². The summed E-state index contributed by atoms with van der Waals surface area (Å²) in [6, 6.07) is 14.6. The molecule has 0 saturated heterocycles. The topological polar surface area (TPSA) is 114 Å². The molecular weight excluding hydrogens is 504 g/mol. The molecule has 0 spiro atoms. The van der Waals surface area contributed by atoms with Crippen molar-refractivity contribution in [2.24, 2.45) is 0 Å². The third kappa shape index (κ3) is 4.68. The first-order valence-electron chi connectivity index (χ1n) is 11.0. The normalized spacial score (nSPS) is 11.6. The zero-order chi connectivity index (χ0) is 26.3. The number of sulfonamides is 1. The van der Waals surface area contributed by atoms with Crippen LogP contribution in [0, 0.1) is 11.6 Å². The van der Waals surface area contributed by atoms with E-state index in [1.807, 2.05) is 4.72 Å². The molecule has 3 heterocycles. The molecule has 0 aliphatic rings. The van der Waals surface area contributed by atoms with E-state index in [0.29, 0.717) is 22.2 Å². The van der Waals surface area contributed by atoms with E-state index in [9.17, 15) is 26.8 Å². The summed E-state index contributed by atoms with van der Waals surface area (Å²) < 4.78 is 61.0. The molecule has 0 aliphatic carbocycles. The van der Waals surface area contributed by atoms with Crippen LogP contribution in [-0.2, 0) is 16.6 Å². The zero-order valence-corrected chi connectivity index (χ0v) is 20.1. The smallest absolute Gasteiger partial charge is 0.282 e. The fourth-order valence-corrected chi connectivity index (χ4v) is 4.71. The van der Waals surface area contributed by atoms with Crippen molar-refractivity contribution < 1.29 is 26.4 Å². The number of rotatable bonds is 6. The number of halogens is 2. The largest absolute Gasteiger partial charge is 0.464 e. The summed E-state index contributed by atoms with van der Waals surface area (Å²) in [5.74, 6) is -2.11. The van der Waals surface area contributed by atoms with Crippen molar-refractivity contribution in [2.75, 3.05) is 6.26 Å². The molecule has 0 saturated carbocycles. The van der Waals surface area contributed by atoms with E-state index in [-0.39, 0.29) is 28.9 Å². The molecule has 5 rings (SSSR count). The number of nitrogens with one attached hydrogen (secondary N) is 2. The van der Waals surface area contributed by atoms with Gasteiger partial charge in [-0.1, -0.05) is 6.07 Å². The first kappa shape index (κ1) is 24.2. The molecule has 0 fully saturated rings. The van der Waals surface area contributed by atoms with E-state index >= 15 is 0 Å². The fourth-order valence-electron chi connectivity index (χ4n) is 4.28. The third-order valence-corrected chi connectivity index (χ3v) is 6.35. The minimum absolute atomic E-state index is 0.0512. The summed E-state index contributed by atoms with van der Waals surface area (Å²) in [6.07, 6.45) is 3.74. The van der Waals surface area contributed by atoms with Crippen molar-refractivity contribution in [3.05, 3.63) is 106 Å². The first-order chi connectivity index (χ1) is 17.6. The van der Waals surface area contributed by atoms with Gasteiger partial charge in [-0.2, -0.15) is 0 Å². The number of amides is 1. The summed E-state index contributed by atoms with van der Waals surface area (Å²) in [5, 5.41) is 0.423. The van der Waals surface area contributed by atoms with Crippen molar-refractivity contribution >= 4 is 26.8 Å². The number of aromatic amines is 1. The maximum atomic E-state index is 14.7. The Morgan fingerprint density at radius 1 is 1.08 bits per heavy atom. The predicted octanol–water partition coefficient (Wildman–Crippen LogP) is 4.27. The summed E-state index contributed by atoms with van der Waals surface area (Å²) in [6.45, 7) is -0.250. The van der Waals surface area contributed by atoms with Gasteiger partial charge >= 0.3 is 0 Å². The summed E-state index contributed by atoms with van der Waals surface area (Å²) >= 11 is 0. The van der Waals surface area contributed by atoms with Crippen LogP contribution in [0.5, 0.6) is 0 Å². The quantitative estimate of drug-likeness (QED) is 0.345. The number of aromatic nitrogens is 2. The number of hydrogen-bond donors (Lipinski definition) is 2. The van der Waals surface area contributed by atoms with Gasteiger partial charge in [-0.15, -0.1) is 0 Å². The van der Waals surface area contributed by atoms with Gasteiger partial charge in [0.05, 0.1) is 19.1 Å². The van der Waals surface area contributed by atoms with Crippen LogP contribution < -0.4 is 10.3 Å². The summed E-state index contributed by atoms with van der Waals surface area (Å²) in [4.78, 5) is 28.8. The van der Waals surface area contributed by atoms with Crippen LogP contribution in [-0.4, -0.2) is 30.1 Å². The highest BCUT2D eigenvalue weighted by molar-refractivity contribution is 7.89. The lowest BCUT2D eigenvalue weighted by Crippen LogP contribution is -2.32. The standard InChI is InChI=1S/C26H19F2N3O5S/c1-37(34,35)30-26(33)24-23(18-4-2-10-29-25(18)32)19-12-15(22-5-3-11-36-22)7-9-21(19)31(24)14-16-6-8-17(27)13-20(16)28/h2-13H,14H2,1H3,(H,29,32)(H,30,33).